The minimum atomic E-state index is -0.216. The maximum absolute atomic E-state index is 13.1. The Morgan fingerprint density at radius 1 is 1.14 bits per heavy atom. The molecule has 7 heteroatoms. The summed E-state index contributed by atoms with van der Waals surface area (Å²) in [5.41, 5.74) is 2.43. The predicted octanol–water partition coefficient (Wildman–Crippen LogP) is 4.47. The van der Waals surface area contributed by atoms with Gasteiger partial charge in [0.2, 0.25) is 11.6 Å². The van der Waals surface area contributed by atoms with Crippen molar-refractivity contribution in [2.24, 2.45) is 0 Å². The number of para-hydroxylation sites is 1. The highest BCUT2D eigenvalue weighted by Gasteiger charge is 2.35. The number of oxazole rings is 1. The number of benzene rings is 1. The molecule has 3 aromatic rings. The molecule has 1 aliphatic rings. The van der Waals surface area contributed by atoms with Gasteiger partial charge < -0.3 is 14.1 Å². The molecule has 1 aromatic carbocycles. The van der Waals surface area contributed by atoms with E-state index in [-0.39, 0.29) is 11.9 Å². The molecule has 7 nitrogen and oxygen atoms in total. The number of ether oxygens (including phenoxy) is 1. The standard InChI is InChI=1S/C22H24N4O3/c1-13-8-5-6-10-18(13)29-19-12-14(2)23-21(25-19)17-9-7-11-26(17)22(27)20-15(3)24-16(4)28-20/h5-6,8,10,12,17H,7,9,11H2,1-4H3. The largest absolute Gasteiger partial charge is 0.439 e. The van der Waals surface area contributed by atoms with Gasteiger partial charge in [0, 0.05) is 25.2 Å². The smallest absolute Gasteiger partial charge is 0.292 e. The summed E-state index contributed by atoms with van der Waals surface area (Å²) in [6.07, 6.45) is 1.68. The van der Waals surface area contributed by atoms with E-state index in [0.717, 1.165) is 29.8 Å². The topological polar surface area (TPSA) is 81.4 Å². The summed E-state index contributed by atoms with van der Waals surface area (Å²) in [6, 6.07) is 9.38. The number of rotatable bonds is 4. The molecule has 0 bridgehead atoms. The highest BCUT2D eigenvalue weighted by atomic mass is 16.5. The molecule has 1 saturated heterocycles. The summed E-state index contributed by atoms with van der Waals surface area (Å²) < 4.78 is 11.6. The van der Waals surface area contributed by atoms with Crippen LogP contribution >= 0.6 is 0 Å². The van der Waals surface area contributed by atoms with Gasteiger partial charge in [-0.3, -0.25) is 4.79 Å². The molecule has 29 heavy (non-hydrogen) atoms. The number of likely N-dealkylation sites (tertiary alicyclic amines) is 1. The lowest BCUT2D eigenvalue weighted by Crippen LogP contribution is -2.31. The fourth-order valence-electron chi connectivity index (χ4n) is 3.69. The molecule has 0 saturated carbocycles. The Balaban J connectivity index is 1.63. The van der Waals surface area contributed by atoms with Gasteiger partial charge in [0.05, 0.1) is 11.7 Å². The lowest BCUT2D eigenvalue weighted by atomic mass is 10.2. The van der Waals surface area contributed by atoms with Crippen molar-refractivity contribution in [3.8, 4) is 11.6 Å². The number of hydrogen-bond donors (Lipinski definition) is 0. The summed E-state index contributed by atoms with van der Waals surface area (Å²) >= 11 is 0. The average molecular weight is 392 g/mol. The zero-order valence-electron chi connectivity index (χ0n) is 17.1. The molecule has 1 fully saturated rings. The Kier molecular flexibility index (Phi) is 5.05. The van der Waals surface area contributed by atoms with Crippen LogP contribution in [-0.2, 0) is 0 Å². The first-order valence-electron chi connectivity index (χ1n) is 9.76. The van der Waals surface area contributed by atoms with Gasteiger partial charge in [-0.05, 0) is 45.2 Å². The number of hydrogen-bond acceptors (Lipinski definition) is 6. The fourth-order valence-corrected chi connectivity index (χ4v) is 3.69. The second-order valence-corrected chi connectivity index (χ2v) is 7.38. The number of amides is 1. The van der Waals surface area contributed by atoms with E-state index in [2.05, 4.69) is 15.0 Å². The van der Waals surface area contributed by atoms with Crippen molar-refractivity contribution >= 4 is 5.91 Å². The van der Waals surface area contributed by atoms with Crippen LogP contribution < -0.4 is 4.74 Å². The van der Waals surface area contributed by atoms with Crippen LogP contribution in [0.4, 0.5) is 0 Å². The van der Waals surface area contributed by atoms with Crippen LogP contribution in [0.5, 0.6) is 11.6 Å². The van der Waals surface area contributed by atoms with Crippen LogP contribution in [0.15, 0.2) is 34.7 Å². The summed E-state index contributed by atoms with van der Waals surface area (Å²) in [5.74, 6) is 2.43. The van der Waals surface area contributed by atoms with Gasteiger partial charge in [-0.25, -0.2) is 9.97 Å². The maximum Gasteiger partial charge on any atom is 0.292 e. The van der Waals surface area contributed by atoms with Gasteiger partial charge in [0.25, 0.3) is 5.91 Å². The molecule has 1 atom stereocenters. The fraction of sp³-hybridized carbons (Fsp3) is 0.364. The van der Waals surface area contributed by atoms with Gasteiger partial charge >= 0.3 is 0 Å². The second-order valence-electron chi connectivity index (χ2n) is 7.38. The monoisotopic (exact) mass is 392 g/mol. The Morgan fingerprint density at radius 3 is 2.66 bits per heavy atom. The first kappa shape index (κ1) is 19.1. The number of carbonyl (C=O) groups is 1. The molecule has 0 aliphatic carbocycles. The van der Waals surface area contributed by atoms with E-state index in [1.54, 1.807) is 24.8 Å². The number of nitrogens with zero attached hydrogens (tertiary/aromatic N) is 4. The maximum atomic E-state index is 13.1. The Hall–Kier alpha value is -3.22. The third-order valence-corrected chi connectivity index (χ3v) is 5.07. The molecule has 150 valence electrons. The van der Waals surface area contributed by atoms with E-state index < -0.39 is 0 Å². The quantitative estimate of drug-likeness (QED) is 0.652. The van der Waals surface area contributed by atoms with Crippen LogP contribution in [0.2, 0.25) is 0 Å². The second kappa shape index (κ2) is 7.66. The molecule has 0 radical (unpaired) electrons. The molecular weight excluding hydrogens is 368 g/mol. The van der Waals surface area contributed by atoms with E-state index in [1.165, 1.54) is 0 Å². The van der Waals surface area contributed by atoms with Crippen LogP contribution in [0.25, 0.3) is 0 Å². The number of carbonyl (C=O) groups excluding carboxylic acids is 1. The molecule has 1 unspecified atom stereocenters. The molecule has 0 spiro atoms. The molecule has 2 aromatic heterocycles. The molecule has 0 N–H and O–H groups in total. The minimum Gasteiger partial charge on any atom is -0.439 e. The SMILES string of the molecule is Cc1cc(Oc2ccccc2C)nc(C2CCCN2C(=O)c2oc(C)nc2C)n1. The summed E-state index contributed by atoms with van der Waals surface area (Å²) in [5, 5.41) is 0. The zero-order chi connectivity index (χ0) is 20.5. The first-order valence-corrected chi connectivity index (χ1v) is 9.76. The Labute approximate surface area is 169 Å². The summed E-state index contributed by atoms with van der Waals surface area (Å²) in [4.78, 5) is 28.3. The van der Waals surface area contributed by atoms with Crippen molar-refractivity contribution in [1.29, 1.82) is 0 Å². The normalized spacial score (nSPS) is 16.3. The van der Waals surface area contributed by atoms with Gasteiger partial charge in [-0.2, -0.15) is 4.98 Å². The van der Waals surface area contributed by atoms with Crippen LogP contribution in [-0.4, -0.2) is 32.3 Å². The van der Waals surface area contributed by atoms with Crippen LogP contribution in [0, 0.1) is 27.7 Å². The molecular formula is C22H24N4O3. The molecule has 4 rings (SSSR count). The van der Waals surface area contributed by atoms with Crippen molar-refractivity contribution in [3.63, 3.8) is 0 Å². The molecule has 3 heterocycles. The summed E-state index contributed by atoms with van der Waals surface area (Å²) in [7, 11) is 0. The zero-order valence-corrected chi connectivity index (χ0v) is 17.1. The Bertz CT molecular complexity index is 1060. The van der Waals surface area contributed by atoms with Crippen molar-refractivity contribution in [1.82, 2.24) is 19.9 Å². The lowest BCUT2D eigenvalue weighted by Gasteiger charge is -2.23. The highest BCUT2D eigenvalue weighted by molar-refractivity contribution is 5.92. The first-order chi connectivity index (χ1) is 13.9. The van der Waals surface area contributed by atoms with Crippen molar-refractivity contribution in [2.75, 3.05) is 6.54 Å². The van der Waals surface area contributed by atoms with E-state index >= 15 is 0 Å². The van der Waals surface area contributed by atoms with Crippen LogP contribution in [0.1, 0.15) is 58.1 Å². The van der Waals surface area contributed by atoms with Crippen molar-refractivity contribution in [2.45, 2.75) is 46.6 Å². The third-order valence-electron chi connectivity index (χ3n) is 5.07. The third kappa shape index (κ3) is 3.85. The molecule has 1 aliphatic heterocycles. The molecule has 1 amide bonds. The van der Waals surface area contributed by atoms with Gasteiger partial charge in [0.15, 0.2) is 11.7 Å². The van der Waals surface area contributed by atoms with Gasteiger partial charge in [-0.1, -0.05) is 18.2 Å². The highest BCUT2D eigenvalue weighted by Crippen LogP contribution is 2.33. The van der Waals surface area contributed by atoms with E-state index in [9.17, 15) is 4.79 Å². The van der Waals surface area contributed by atoms with E-state index in [0.29, 0.717) is 35.6 Å². The minimum absolute atomic E-state index is 0.169. The van der Waals surface area contributed by atoms with E-state index in [1.807, 2.05) is 38.1 Å². The lowest BCUT2D eigenvalue weighted by molar-refractivity contribution is 0.0694. The number of aryl methyl sites for hydroxylation is 4. The average Bonchev–Trinajstić information content (AvgIpc) is 3.29. The van der Waals surface area contributed by atoms with E-state index in [4.69, 9.17) is 9.15 Å². The van der Waals surface area contributed by atoms with Gasteiger partial charge in [0.1, 0.15) is 5.75 Å². The Morgan fingerprint density at radius 2 is 1.93 bits per heavy atom. The van der Waals surface area contributed by atoms with Crippen molar-refractivity contribution < 1.29 is 13.9 Å². The summed E-state index contributed by atoms with van der Waals surface area (Å²) in [6.45, 7) is 8.05. The van der Waals surface area contributed by atoms with Gasteiger partial charge in [-0.15, -0.1) is 0 Å². The predicted molar refractivity (Wildman–Crippen MR) is 107 cm³/mol. The number of aromatic nitrogens is 3. The van der Waals surface area contributed by atoms with Crippen molar-refractivity contribution in [3.05, 3.63) is 64.8 Å². The van der Waals surface area contributed by atoms with Crippen LogP contribution in [0.3, 0.4) is 0 Å².